The normalized spacial score (nSPS) is 10.7. The van der Waals surface area contributed by atoms with Gasteiger partial charge in [0, 0.05) is 30.3 Å². The summed E-state index contributed by atoms with van der Waals surface area (Å²) >= 11 is 0. The SMILES string of the molecule is CCCCCCC(=O)Oc1ccc(OC(=O)C=Cc2ccc(C(=O)OCCCOC(=O)c3cc(N)cc(N)c3)cc2)cc1. The molecule has 0 unspecified atom stereocenters. The molecule has 43 heavy (non-hydrogen) atoms. The lowest BCUT2D eigenvalue weighted by molar-refractivity contribution is -0.134. The third-order valence-corrected chi connectivity index (χ3v) is 6.03. The van der Waals surface area contributed by atoms with Crippen molar-refractivity contribution in [2.24, 2.45) is 0 Å². The predicted octanol–water partition coefficient (Wildman–Crippen LogP) is 5.75. The number of benzene rings is 3. The Bertz CT molecular complexity index is 1400. The molecule has 0 saturated carbocycles. The second-order valence-electron chi connectivity index (χ2n) is 9.65. The number of carbonyl (C=O) groups excluding carboxylic acids is 4. The van der Waals surface area contributed by atoms with E-state index >= 15 is 0 Å². The van der Waals surface area contributed by atoms with Gasteiger partial charge in [-0.15, -0.1) is 0 Å². The quantitative estimate of drug-likeness (QED) is 0.0736. The molecule has 4 N–H and O–H groups in total. The summed E-state index contributed by atoms with van der Waals surface area (Å²) in [5.41, 5.74) is 13.3. The zero-order valence-corrected chi connectivity index (χ0v) is 24.1. The lowest BCUT2D eigenvalue weighted by Crippen LogP contribution is -2.11. The fraction of sp³-hybridized carbons (Fsp3) is 0.273. The van der Waals surface area contributed by atoms with E-state index in [4.69, 9.17) is 30.4 Å². The molecule has 0 saturated heterocycles. The smallest absolute Gasteiger partial charge is 0.338 e. The molecule has 0 heterocycles. The van der Waals surface area contributed by atoms with Crippen LogP contribution in [0.1, 0.15) is 71.7 Å². The van der Waals surface area contributed by atoms with Crippen molar-refractivity contribution in [3.05, 3.63) is 89.5 Å². The van der Waals surface area contributed by atoms with E-state index in [2.05, 4.69) is 6.92 Å². The van der Waals surface area contributed by atoms with Gasteiger partial charge in [0.1, 0.15) is 11.5 Å². The summed E-state index contributed by atoms with van der Waals surface area (Å²) in [5.74, 6) is -1.29. The number of anilines is 2. The maximum absolute atomic E-state index is 12.3. The number of esters is 4. The second-order valence-corrected chi connectivity index (χ2v) is 9.65. The molecule has 0 bridgehead atoms. The minimum absolute atomic E-state index is 0.0530. The van der Waals surface area contributed by atoms with Crippen LogP contribution in [0.2, 0.25) is 0 Å². The highest BCUT2D eigenvalue weighted by atomic mass is 16.6. The van der Waals surface area contributed by atoms with Crippen LogP contribution < -0.4 is 20.9 Å². The largest absolute Gasteiger partial charge is 0.462 e. The van der Waals surface area contributed by atoms with Gasteiger partial charge < -0.3 is 30.4 Å². The second kappa shape index (κ2) is 17.0. The Balaban J connectivity index is 1.36. The summed E-state index contributed by atoms with van der Waals surface area (Å²) in [7, 11) is 0. The van der Waals surface area contributed by atoms with Gasteiger partial charge >= 0.3 is 23.9 Å². The van der Waals surface area contributed by atoms with Crippen LogP contribution in [0.15, 0.2) is 72.8 Å². The molecule has 10 nitrogen and oxygen atoms in total. The van der Waals surface area contributed by atoms with Crippen molar-refractivity contribution in [2.75, 3.05) is 24.7 Å². The van der Waals surface area contributed by atoms with Crippen LogP contribution in [-0.4, -0.2) is 37.1 Å². The van der Waals surface area contributed by atoms with Gasteiger partial charge in [0.25, 0.3) is 0 Å². The highest BCUT2D eigenvalue weighted by molar-refractivity contribution is 5.92. The first kappa shape index (κ1) is 32.4. The topological polar surface area (TPSA) is 157 Å². The number of nitrogen functional groups attached to an aromatic ring is 2. The van der Waals surface area contributed by atoms with Gasteiger partial charge in [-0.1, -0.05) is 38.3 Å². The molecule has 3 aromatic carbocycles. The zero-order valence-electron chi connectivity index (χ0n) is 24.1. The van der Waals surface area contributed by atoms with Crippen molar-refractivity contribution in [1.82, 2.24) is 0 Å². The number of hydrogen-bond acceptors (Lipinski definition) is 10. The fourth-order valence-corrected chi connectivity index (χ4v) is 3.85. The summed E-state index contributed by atoms with van der Waals surface area (Å²) < 4.78 is 21.0. The van der Waals surface area contributed by atoms with Crippen molar-refractivity contribution < 1.29 is 38.1 Å². The number of nitrogens with two attached hydrogens (primary N) is 2. The van der Waals surface area contributed by atoms with Crippen LogP contribution in [0.5, 0.6) is 11.5 Å². The Kier molecular flexibility index (Phi) is 12.8. The molecule has 0 spiro atoms. The van der Waals surface area contributed by atoms with Crippen LogP contribution in [0.3, 0.4) is 0 Å². The van der Waals surface area contributed by atoms with Crippen molar-refractivity contribution in [3.8, 4) is 11.5 Å². The Hall–Kier alpha value is -5.12. The van der Waals surface area contributed by atoms with E-state index < -0.39 is 17.9 Å². The molecule has 0 aliphatic carbocycles. The number of hydrogen-bond donors (Lipinski definition) is 2. The molecule has 0 aliphatic heterocycles. The molecule has 3 rings (SSSR count). The third-order valence-electron chi connectivity index (χ3n) is 6.03. The van der Waals surface area contributed by atoms with Crippen molar-refractivity contribution >= 4 is 41.3 Å². The minimum atomic E-state index is -0.593. The molecular formula is C33H36N2O8. The van der Waals surface area contributed by atoms with E-state index in [1.54, 1.807) is 54.6 Å². The Morgan fingerprint density at radius 3 is 1.86 bits per heavy atom. The van der Waals surface area contributed by atoms with Crippen LogP contribution in [0.25, 0.3) is 6.08 Å². The van der Waals surface area contributed by atoms with Gasteiger partial charge in [-0.3, -0.25) is 4.79 Å². The Morgan fingerprint density at radius 2 is 1.26 bits per heavy atom. The number of unbranched alkanes of at least 4 members (excludes halogenated alkanes) is 3. The predicted molar refractivity (Wildman–Crippen MR) is 162 cm³/mol. The molecule has 0 aromatic heterocycles. The highest BCUT2D eigenvalue weighted by Gasteiger charge is 2.11. The average molecular weight is 589 g/mol. The summed E-state index contributed by atoms with van der Waals surface area (Å²) in [6.45, 7) is 2.22. The van der Waals surface area contributed by atoms with Crippen LogP contribution in [-0.2, 0) is 19.1 Å². The van der Waals surface area contributed by atoms with Gasteiger partial charge in [-0.25, -0.2) is 14.4 Å². The third kappa shape index (κ3) is 11.7. The molecule has 0 amide bonds. The van der Waals surface area contributed by atoms with E-state index in [0.29, 0.717) is 46.8 Å². The Morgan fingerprint density at radius 1 is 0.674 bits per heavy atom. The van der Waals surface area contributed by atoms with Crippen molar-refractivity contribution in [3.63, 3.8) is 0 Å². The van der Waals surface area contributed by atoms with Crippen LogP contribution in [0.4, 0.5) is 11.4 Å². The molecule has 0 aliphatic rings. The van der Waals surface area contributed by atoms with Gasteiger partial charge in [-0.05, 0) is 72.7 Å². The van der Waals surface area contributed by atoms with Crippen molar-refractivity contribution in [2.45, 2.75) is 45.4 Å². The molecule has 0 fully saturated rings. The zero-order chi connectivity index (χ0) is 31.0. The number of rotatable bonds is 15. The maximum Gasteiger partial charge on any atom is 0.338 e. The molecular weight excluding hydrogens is 552 g/mol. The van der Waals surface area contributed by atoms with E-state index in [1.807, 2.05) is 0 Å². The fourth-order valence-electron chi connectivity index (χ4n) is 3.85. The van der Waals surface area contributed by atoms with Gasteiger partial charge in [0.05, 0.1) is 24.3 Å². The van der Waals surface area contributed by atoms with E-state index in [1.165, 1.54) is 24.3 Å². The molecule has 0 radical (unpaired) electrons. The number of ether oxygens (including phenoxy) is 4. The molecule has 0 atom stereocenters. The van der Waals surface area contributed by atoms with Gasteiger partial charge in [0.15, 0.2) is 0 Å². The van der Waals surface area contributed by atoms with Gasteiger partial charge in [0.2, 0.25) is 0 Å². The first-order valence-electron chi connectivity index (χ1n) is 14.0. The molecule has 3 aromatic rings. The first-order valence-corrected chi connectivity index (χ1v) is 14.0. The first-order chi connectivity index (χ1) is 20.7. The summed E-state index contributed by atoms with van der Waals surface area (Å²) in [6.07, 6.45) is 7.47. The Labute approximate surface area is 250 Å². The standard InChI is InChI=1S/C33H36N2O8/c1-2-3-4-5-7-30(36)42-28-13-15-29(16-14-28)43-31(37)17-10-23-8-11-24(12-9-23)32(38)40-18-6-19-41-33(39)25-20-26(34)22-27(35)21-25/h8-17,20-22H,2-7,18-19,34-35H2,1H3. The van der Waals surface area contributed by atoms with E-state index in [9.17, 15) is 19.2 Å². The lowest BCUT2D eigenvalue weighted by atomic mass is 10.1. The van der Waals surface area contributed by atoms with Crippen molar-refractivity contribution in [1.29, 1.82) is 0 Å². The van der Waals surface area contributed by atoms with Crippen LogP contribution >= 0.6 is 0 Å². The summed E-state index contributed by atoms with van der Waals surface area (Å²) in [4.78, 5) is 48.5. The molecule has 226 valence electrons. The lowest BCUT2D eigenvalue weighted by Gasteiger charge is -2.08. The van der Waals surface area contributed by atoms with Gasteiger partial charge in [-0.2, -0.15) is 0 Å². The highest BCUT2D eigenvalue weighted by Crippen LogP contribution is 2.19. The van der Waals surface area contributed by atoms with E-state index in [0.717, 1.165) is 25.7 Å². The minimum Gasteiger partial charge on any atom is -0.462 e. The average Bonchev–Trinajstić information content (AvgIpc) is 2.98. The maximum atomic E-state index is 12.3. The van der Waals surface area contributed by atoms with Crippen LogP contribution in [0, 0.1) is 0 Å². The summed E-state index contributed by atoms with van der Waals surface area (Å²) in [5, 5.41) is 0. The summed E-state index contributed by atoms with van der Waals surface area (Å²) in [6, 6.07) is 17.2. The number of carbonyl (C=O) groups is 4. The molecule has 10 heteroatoms. The monoisotopic (exact) mass is 588 g/mol. The van der Waals surface area contributed by atoms with E-state index in [-0.39, 0.29) is 24.7 Å².